The van der Waals surface area contributed by atoms with E-state index in [1.807, 2.05) is 68.4 Å². The number of carbonyl (C=O) groups is 2. The van der Waals surface area contributed by atoms with Gasteiger partial charge in [-0.05, 0) is 47.9 Å². The van der Waals surface area contributed by atoms with Gasteiger partial charge < -0.3 is 10.2 Å². The molecule has 2 atom stereocenters. The Morgan fingerprint density at radius 3 is 2.21 bits per heavy atom. The Bertz CT molecular complexity index is 1650. The van der Waals surface area contributed by atoms with Crippen LogP contribution in [0.2, 0.25) is 0 Å². The molecule has 0 radical (unpaired) electrons. The van der Waals surface area contributed by atoms with E-state index in [9.17, 15) is 22.4 Å². The van der Waals surface area contributed by atoms with E-state index in [2.05, 4.69) is 5.32 Å². The maximum atomic E-state index is 14.8. The summed E-state index contributed by atoms with van der Waals surface area (Å²) in [4.78, 5) is 28.9. The molecule has 7 nitrogen and oxygen atoms in total. The number of fused-ring (bicyclic) bond motifs is 1. The van der Waals surface area contributed by atoms with Crippen molar-refractivity contribution in [1.82, 2.24) is 14.5 Å². The lowest BCUT2D eigenvalue weighted by molar-refractivity contribution is -0.141. The van der Waals surface area contributed by atoms with Gasteiger partial charge in [-0.15, -0.1) is 0 Å². The number of sulfonamides is 1. The quantitative estimate of drug-likeness (QED) is 0.248. The highest BCUT2D eigenvalue weighted by atomic mass is 32.2. The summed E-state index contributed by atoms with van der Waals surface area (Å²) in [6.45, 7) is 3.06. The van der Waals surface area contributed by atoms with Gasteiger partial charge in [0, 0.05) is 31.6 Å². The van der Waals surface area contributed by atoms with Gasteiger partial charge in [-0.1, -0.05) is 85.8 Å². The van der Waals surface area contributed by atoms with E-state index in [-0.39, 0.29) is 29.5 Å². The first-order valence-corrected chi connectivity index (χ1v) is 15.4. The van der Waals surface area contributed by atoms with Gasteiger partial charge in [-0.25, -0.2) is 12.8 Å². The van der Waals surface area contributed by atoms with Crippen LogP contribution in [0.4, 0.5) is 4.39 Å². The van der Waals surface area contributed by atoms with Crippen molar-refractivity contribution in [3.8, 4) is 0 Å². The minimum atomic E-state index is -4.06. The number of nitrogens with zero attached hydrogens (tertiary/aromatic N) is 2. The largest absolute Gasteiger partial charge is 0.352 e. The molecule has 4 aromatic rings. The van der Waals surface area contributed by atoms with Crippen LogP contribution in [0.5, 0.6) is 0 Å². The fourth-order valence-electron chi connectivity index (χ4n) is 4.68. The van der Waals surface area contributed by atoms with Crippen molar-refractivity contribution < 1.29 is 22.4 Å². The van der Waals surface area contributed by atoms with Crippen LogP contribution in [0.25, 0.3) is 10.8 Å². The van der Waals surface area contributed by atoms with Crippen LogP contribution >= 0.6 is 0 Å². The molecule has 42 heavy (non-hydrogen) atoms. The van der Waals surface area contributed by atoms with Gasteiger partial charge in [-0.3, -0.25) is 9.59 Å². The van der Waals surface area contributed by atoms with Crippen molar-refractivity contribution in [2.45, 2.75) is 50.2 Å². The second kappa shape index (κ2) is 13.7. The number of nitrogens with one attached hydrogen (secondary N) is 1. The highest BCUT2D eigenvalue weighted by molar-refractivity contribution is 7.89. The van der Waals surface area contributed by atoms with Gasteiger partial charge >= 0.3 is 0 Å². The molecule has 1 N–H and O–H groups in total. The predicted molar refractivity (Wildman–Crippen MR) is 163 cm³/mol. The van der Waals surface area contributed by atoms with Crippen LogP contribution < -0.4 is 5.32 Å². The van der Waals surface area contributed by atoms with Crippen LogP contribution in [-0.2, 0) is 32.6 Å². The zero-order valence-electron chi connectivity index (χ0n) is 24.0. The summed E-state index contributed by atoms with van der Waals surface area (Å²) in [6.07, 6.45) is 0.849. The van der Waals surface area contributed by atoms with E-state index in [1.165, 1.54) is 24.1 Å². The molecule has 0 saturated carbocycles. The van der Waals surface area contributed by atoms with Gasteiger partial charge in [0.15, 0.2) is 0 Å². The number of hydrogen-bond acceptors (Lipinski definition) is 4. The van der Waals surface area contributed by atoms with Crippen molar-refractivity contribution >= 4 is 32.6 Å². The molecule has 4 aromatic carbocycles. The molecule has 0 spiro atoms. The van der Waals surface area contributed by atoms with E-state index in [1.54, 1.807) is 30.3 Å². The first-order chi connectivity index (χ1) is 20.1. The number of likely N-dealkylation sites (N-methyl/N-ethyl adjacent to an activating group) is 1. The van der Waals surface area contributed by atoms with Gasteiger partial charge in [0.1, 0.15) is 11.9 Å². The Hall–Kier alpha value is -4.08. The van der Waals surface area contributed by atoms with Gasteiger partial charge in [-0.2, -0.15) is 4.31 Å². The van der Waals surface area contributed by atoms with E-state index in [0.717, 1.165) is 20.6 Å². The van der Waals surface area contributed by atoms with Gasteiger partial charge in [0.25, 0.3) is 0 Å². The molecule has 2 amide bonds. The summed E-state index contributed by atoms with van der Waals surface area (Å²) in [5.74, 6) is -1.53. The van der Waals surface area contributed by atoms with Crippen LogP contribution in [0.3, 0.4) is 0 Å². The Labute approximate surface area is 247 Å². The van der Waals surface area contributed by atoms with E-state index < -0.39 is 40.2 Å². The topological polar surface area (TPSA) is 86.8 Å². The Morgan fingerprint density at radius 1 is 0.881 bits per heavy atom. The van der Waals surface area contributed by atoms with Crippen LogP contribution in [0.15, 0.2) is 102 Å². The smallest absolute Gasteiger partial charge is 0.243 e. The molecule has 0 aliphatic rings. The highest BCUT2D eigenvalue weighted by Gasteiger charge is 2.34. The molecular weight excluding hydrogens is 553 g/mol. The van der Waals surface area contributed by atoms with E-state index in [0.29, 0.717) is 6.42 Å². The Balaban J connectivity index is 1.68. The Kier molecular flexibility index (Phi) is 10.1. The summed E-state index contributed by atoms with van der Waals surface area (Å²) in [5.41, 5.74) is 1.03. The first-order valence-electron chi connectivity index (χ1n) is 13.9. The molecule has 0 saturated heterocycles. The summed E-state index contributed by atoms with van der Waals surface area (Å²) in [7, 11) is -2.73. The summed E-state index contributed by atoms with van der Waals surface area (Å²) < 4.78 is 42.9. The second-order valence-electron chi connectivity index (χ2n) is 10.4. The van der Waals surface area contributed by atoms with Crippen LogP contribution in [0, 0.1) is 5.82 Å². The molecule has 0 bridgehead atoms. The first kappa shape index (κ1) is 30.9. The number of hydrogen-bond donors (Lipinski definition) is 1. The fraction of sp³-hybridized carbons (Fsp3) is 0.273. The zero-order valence-corrected chi connectivity index (χ0v) is 24.9. The number of benzene rings is 4. The molecule has 0 heterocycles. The SMILES string of the molecule is CCC(C)NC(=O)C(Cc1ccccc1)N(Cc1ccccc1F)C(=O)CN(C)S(=O)(=O)c1ccc2ccccc2c1. The fourth-order valence-corrected chi connectivity index (χ4v) is 5.84. The normalized spacial score (nSPS) is 13.1. The molecule has 0 aliphatic carbocycles. The molecular formula is C33H36FN3O4S. The Morgan fingerprint density at radius 2 is 1.52 bits per heavy atom. The summed E-state index contributed by atoms with van der Waals surface area (Å²) in [6, 6.07) is 26.3. The molecule has 4 rings (SSSR count). The third kappa shape index (κ3) is 7.40. The maximum Gasteiger partial charge on any atom is 0.243 e. The average Bonchev–Trinajstić information content (AvgIpc) is 2.99. The lowest BCUT2D eigenvalue weighted by Gasteiger charge is -2.33. The van der Waals surface area contributed by atoms with Gasteiger partial charge in [0.05, 0.1) is 11.4 Å². The molecule has 9 heteroatoms. The minimum absolute atomic E-state index is 0.0486. The molecule has 0 aliphatic heterocycles. The van der Waals surface area contributed by atoms with Gasteiger partial charge in [0.2, 0.25) is 21.8 Å². The molecule has 220 valence electrons. The standard InChI is InChI=1S/C33H36FN3O4S/c1-4-24(2)35-33(39)31(20-25-12-6-5-7-13-25)37(22-28-16-10-11-17-30(28)34)32(38)23-36(3)42(40,41)29-19-18-26-14-8-9-15-27(26)21-29/h5-19,21,24,31H,4,20,22-23H2,1-3H3,(H,35,39). The maximum absolute atomic E-state index is 14.8. The minimum Gasteiger partial charge on any atom is -0.352 e. The zero-order chi connectivity index (χ0) is 30.3. The highest BCUT2D eigenvalue weighted by Crippen LogP contribution is 2.23. The third-order valence-corrected chi connectivity index (χ3v) is 9.16. The van der Waals surface area contributed by atoms with Crippen LogP contribution in [-0.4, -0.2) is 55.1 Å². The van der Waals surface area contributed by atoms with Crippen molar-refractivity contribution in [2.75, 3.05) is 13.6 Å². The predicted octanol–water partition coefficient (Wildman–Crippen LogP) is 5.15. The number of rotatable bonds is 12. The van der Waals surface area contributed by atoms with Crippen molar-refractivity contribution in [3.05, 3.63) is 114 Å². The number of carbonyl (C=O) groups excluding carboxylic acids is 2. The van der Waals surface area contributed by atoms with Crippen molar-refractivity contribution in [1.29, 1.82) is 0 Å². The number of amides is 2. The van der Waals surface area contributed by atoms with E-state index in [4.69, 9.17) is 0 Å². The average molecular weight is 590 g/mol. The lowest BCUT2D eigenvalue weighted by Crippen LogP contribution is -2.54. The molecule has 0 aromatic heterocycles. The van der Waals surface area contributed by atoms with Crippen molar-refractivity contribution in [2.24, 2.45) is 0 Å². The summed E-state index contributed by atoms with van der Waals surface area (Å²) >= 11 is 0. The number of halogens is 1. The second-order valence-corrected chi connectivity index (χ2v) is 12.5. The molecule has 0 fully saturated rings. The van der Waals surface area contributed by atoms with E-state index >= 15 is 0 Å². The van der Waals surface area contributed by atoms with Crippen molar-refractivity contribution in [3.63, 3.8) is 0 Å². The van der Waals surface area contributed by atoms with Crippen LogP contribution in [0.1, 0.15) is 31.4 Å². The molecule has 2 unspecified atom stereocenters. The summed E-state index contributed by atoms with van der Waals surface area (Å²) in [5, 5.41) is 4.60. The lowest BCUT2D eigenvalue weighted by atomic mass is 10.0. The monoisotopic (exact) mass is 589 g/mol. The third-order valence-electron chi connectivity index (χ3n) is 7.36.